The van der Waals surface area contributed by atoms with Crippen LogP contribution in [0, 0.1) is 13.8 Å². The zero-order chi connectivity index (χ0) is 21.5. The van der Waals surface area contributed by atoms with E-state index in [4.69, 9.17) is 11.6 Å². The van der Waals surface area contributed by atoms with Gasteiger partial charge < -0.3 is 9.13 Å². The van der Waals surface area contributed by atoms with Crippen molar-refractivity contribution in [1.82, 2.24) is 19.3 Å². The smallest absolute Gasteiger partial charge is 0.318 e. The molecule has 0 bridgehead atoms. The summed E-state index contributed by atoms with van der Waals surface area (Å²) in [5.74, 6) is -1.29. The standard InChI is InChI=1S/C19H18ClF3N4OS/c1-10-9-15(11(2)27(10)14-7-5-13(20)6-8-14)16(28)12(3)29-18-25-24-17(26(18)4)19(21,22)23/h5-9,12H,1-4H3. The number of rotatable bonds is 5. The number of hydrogen-bond acceptors (Lipinski definition) is 4. The lowest BCUT2D eigenvalue weighted by Gasteiger charge is -2.12. The van der Waals surface area contributed by atoms with Gasteiger partial charge in [0.15, 0.2) is 10.9 Å². The summed E-state index contributed by atoms with van der Waals surface area (Å²) in [6, 6.07) is 9.02. The van der Waals surface area contributed by atoms with Gasteiger partial charge in [-0.1, -0.05) is 23.4 Å². The molecule has 0 N–H and O–H groups in total. The highest BCUT2D eigenvalue weighted by molar-refractivity contribution is 8.00. The Kier molecular flexibility index (Phi) is 5.82. The van der Waals surface area contributed by atoms with E-state index in [1.807, 2.05) is 30.5 Å². The predicted molar refractivity (Wildman–Crippen MR) is 106 cm³/mol. The average molecular weight is 443 g/mol. The Morgan fingerprint density at radius 3 is 2.34 bits per heavy atom. The van der Waals surface area contributed by atoms with Crippen LogP contribution in [0.3, 0.4) is 0 Å². The lowest BCUT2D eigenvalue weighted by atomic mass is 10.1. The van der Waals surface area contributed by atoms with Crippen molar-refractivity contribution in [2.45, 2.75) is 37.4 Å². The molecule has 0 aliphatic rings. The number of alkyl halides is 3. The minimum Gasteiger partial charge on any atom is -0.318 e. The highest BCUT2D eigenvalue weighted by Crippen LogP contribution is 2.32. The fourth-order valence-corrected chi connectivity index (χ4v) is 4.10. The van der Waals surface area contributed by atoms with E-state index in [1.165, 1.54) is 7.05 Å². The first-order valence-corrected chi connectivity index (χ1v) is 9.88. The zero-order valence-electron chi connectivity index (χ0n) is 16.1. The van der Waals surface area contributed by atoms with Gasteiger partial charge >= 0.3 is 6.18 Å². The number of hydrogen-bond donors (Lipinski definition) is 0. The Labute approximate surface area is 174 Å². The van der Waals surface area contributed by atoms with Crippen LogP contribution in [0.2, 0.25) is 5.02 Å². The minimum atomic E-state index is -4.60. The van der Waals surface area contributed by atoms with E-state index < -0.39 is 17.3 Å². The molecule has 29 heavy (non-hydrogen) atoms. The van der Waals surface area contributed by atoms with Crippen molar-refractivity contribution in [3.63, 3.8) is 0 Å². The maximum Gasteiger partial charge on any atom is 0.451 e. The Morgan fingerprint density at radius 1 is 1.17 bits per heavy atom. The van der Waals surface area contributed by atoms with Gasteiger partial charge in [-0.05, 0) is 51.1 Å². The maximum absolute atomic E-state index is 13.0. The molecule has 0 spiro atoms. The van der Waals surface area contributed by atoms with Crippen LogP contribution in [-0.4, -0.2) is 30.4 Å². The molecule has 3 aromatic rings. The Morgan fingerprint density at radius 2 is 1.79 bits per heavy atom. The largest absolute Gasteiger partial charge is 0.451 e. The minimum absolute atomic E-state index is 0.0321. The van der Waals surface area contributed by atoms with Gasteiger partial charge in [-0.3, -0.25) is 4.79 Å². The first-order valence-electron chi connectivity index (χ1n) is 8.63. The summed E-state index contributed by atoms with van der Waals surface area (Å²) in [5.41, 5.74) is 2.99. The number of carbonyl (C=O) groups is 1. The second-order valence-corrected chi connectivity index (χ2v) is 8.33. The third kappa shape index (κ3) is 4.20. The highest BCUT2D eigenvalue weighted by Gasteiger charge is 2.38. The molecule has 0 aliphatic heterocycles. The summed E-state index contributed by atoms with van der Waals surface area (Å²) in [6.45, 7) is 5.36. The zero-order valence-corrected chi connectivity index (χ0v) is 17.7. The second-order valence-electron chi connectivity index (χ2n) is 6.58. The van der Waals surface area contributed by atoms with Crippen molar-refractivity contribution >= 4 is 29.1 Å². The maximum atomic E-state index is 13.0. The molecule has 2 heterocycles. The summed E-state index contributed by atoms with van der Waals surface area (Å²) >= 11 is 6.89. The molecule has 0 fully saturated rings. The van der Waals surface area contributed by atoms with E-state index in [9.17, 15) is 18.0 Å². The molecule has 5 nitrogen and oxygen atoms in total. The molecule has 1 aromatic carbocycles. The van der Waals surface area contributed by atoms with E-state index >= 15 is 0 Å². The summed E-state index contributed by atoms with van der Waals surface area (Å²) in [5, 5.41) is 6.78. The molecule has 154 valence electrons. The van der Waals surface area contributed by atoms with E-state index in [0.29, 0.717) is 10.6 Å². The van der Waals surface area contributed by atoms with Crippen LogP contribution in [0.1, 0.15) is 34.5 Å². The molecule has 0 aliphatic carbocycles. The van der Waals surface area contributed by atoms with Crippen LogP contribution < -0.4 is 0 Å². The van der Waals surface area contributed by atoms with Gasteiger partial charge in [-0.2, -0.15) is 13.2 Å². The van der Waals surface area contributed by atoms with Crippen molar-refractivity contribution in [3.8, 4) is 5.69 Å². The van der Waals surface area contributed by atoms with E-state index in [-0.39, 0.29) is 10.9 Å². The monoisotopic (exact) mass is 442 g/mol. The normalized spacial score (nSPS) is 13.0. The highest BCUT2D eigenvalue weighted by atomic mass is 35.5. The molecule has 0 saturated carbocycles. The van der Waals surface area contributed by atoms with Crippen molar-refractivity contribution in [2.75, 3.05) is 0 Å². The number of aromatic nitrogens is 4. The van der Waals surface area contributed by atoms with Crippen LogP contribution in [-0.2, 0) is 13.2 Å². The molecular formula is C19H18ClF3N4OS. The number of thioether (sulfide) groups is 1. The van der Waals surface area contributed by atoms with Gasteiger partial charge in [0.25, 0.3) is 0 Å². The Hall–Kier alpha value is -2.26. The van der Waals surface area contributed by atoms with Gasteiger partial charge in [-0.15, -0.1) is 10.2 Å². The van der Waals surface area contributed by atoms with Crippen LogP contribution in [0.4, 0.5) is 13.2 Å². The molecular weight excluding hydrogens is 425 g/mol. The first kappa shape index (κ1) is 21.4. The van der Waals surface area contributed by atoms with Gasteiger partial charge in [0.2, 0.25) is 5.82 Å². The topological polar surface area (TPSA) is 52.7 Å². The number of Topliss-reactive ketones (excluding diaryl/α,β-unsaturated/α-hetero) is 1. The molecule has 10 heteroatoms. The molecule has 2 aromatic heterocycles. The number of halogens is 4. The second kappa shape index (κ2) is 7.87. The lowest BCUT2D eigenvalue weighted by Crippen LogP contribution is -2.16. The van der Waals surface area contributed by atoms with Crippen molar-refractivity contribution in [1.29, 1.82) is 0 Å². The molecule has 1 atom stereocenters. The molecule has 0 radical (unpaired) electrons. The predicted octanol–water partition coefficient (Wildman–Crippen LogP) is 5.26. The number of ketones is 1. The van der Waals surface area contributed by atoms with Gasteiger partial charge in [0, 0.05) is 34.7 Å². The molecule has 0 amide bonds. The first-order chi connectivity index (χ1) is 13.5. The summed E-state index contributed by atoms with van der Waals surface area (Å²) in [6.07, 6.45) is -4.60. The number of carbonyl (C=O) groups excluding carboxylic acids is 1. The molecule has 1 unspecified atom stereocenters. The van der Waals surface area contributed by atoms with Gasteiger partial charge in [0.1, 0.15) is 0 Å². The van der Waals surface area contributed by atoms with Crippen molar-refractivity contribution in [3.05, 3.63) is 58.1 Å². The van der Waals surface area contributed by atoms with Crippen molar-refractivity contribution < 1.29 is 18.0 Å². The summed E-state index contributed by atoms with van der Waals surface area (Å²) < 4.78 is 41.5. The number of nitrogens with zero attached hydrogens (tertiary/aromatic N) is 4. The summed E-state index contributed by atoms with van der Waals surface area (Å²) in [7, 11) is 1.23. The van der Waals surface area contributed by atoms with Crippen LogP contribution >= 0.6 is 23.4 Å². The average Bonchev–Trinajstić information content (AvgIpc) is 3.15. The third-order valence-electron chi connectivity index (χ3n) is 4.52. The SMILES string of the molecule is Cc1cc(C(=O)C(C)Sc2nnc(C(F)(F)F)n2C)c(C)n1-c1ccc(Cl)cc1. The van der Waals surface area contributed by atoms with Crippen molar-refractivity contribution in [2.24, 2.45) is 7.05 Å². The van der Waals surface area contributed by atoms with Crippen LogP contribution in [0.15, 0.2) is 35.5 Å². The van der Waals surface area contributed by atoms with Crippen LogP contribution in [0.5, 0.6) is 0 Å². The third-order valence-corrected chi connectivity index (χ3v) is 5.91. The lowest BCUT2D eigenvalue weighted by molar-refractivity contribution is -0.147. The quantitative estimate of drug-likeness (QED) is 0.399. The van der Waals surface area contributed by atoms with E-state index in [0.717, 1.165) is 33.4 Å². The molecule has 3 rings (SSSR count). The summed E-state index contributed by atoms with van der Waals surface area (Å²) in [4.78, 5) is 13.0. The fraction of sp³-hybridized carbons (Fsp3) is 0.316. The number of benzene rings is 1. The Balaban J connectivity index is 1.87. The van der Waals surface area contributed by atoms with Gasteiger partial charge in [0.05, 0.1) is 5.25 Å². The Bertz CT molecular complexity index is 1060. The molecule has 0 saturated heterocycles. The van der Waals surface area contributed by atoms with Crippen LogP contribution in [0.25, 0.3) is 5.69 Å². The van der Waals surface area contributed by atoms with E-state index in [1.54, 1.807) is 25.1 Å². The van der Waals surface area contributed by atoms with E-state index in [2.05, 4.69) is 10.2 Å². The van der Waals surface area contributed by atoms with Gasteiger partial charge in [-0.25, -0.2) is 0 Å². The number of aryl methyl sites for hydroxylation is 1. The fourth-order valence-electron chi connectivity index (χ4n) is 3.09.